The summed E-state index contributed by atoms with van der Waals surface area (Å²) in [7, 11) is 0. The van der Waals surface area contributed by atoms with Crippen molar-refractivity contribution in [3.63, 3.8) is 0 Å². The van der Waals surface area contributed by atoms with Crippen LogP contribution < -0.4 is 5.32 Å². The zero-order chi connectivity index (χ0) is 15.6. The van der Waals surface area contributed by atoms with Crippen LogP contribution in [0.25, 0.3) is 0 Å². The average molecular weight is 322 g/mol. The third kappa shape index (κ3) is 3.93. The van der Waals surface area contributed by atoms with Gasteiger partial charge in [0, 0.05) is 11.1 Å². The Hall–Kier alpha value is -1.18. The molecule has 2 aromatic rings. The Balaban J connectivity index is 2.17. The van der Waals surface area contributed by atoms with Crippen molar-refractivity contribution in [2.75, 3.05) is 5.32 Å². The van der Waals surface area contributed by atoms with Crippen LogP contribution in [0.5, 0.6) is 0 Å². The molecule has 0 saturated heterocycles. The van der Waals surface area contributed by atoms with Crippen molar-refractivity contribution in [2.45, 2.75) is 39.7 Å². The summed E-state index contributed by atoms with van der Waals surface area (Å²) in [5.41, 5.74) is 4.43. The fourth-order valence-corrected chi connectivity index (χ4v) is 2.68. The zero-order valence-corrected chi connectivity index (χ0v) is 14.4. The summed E-state index contributed by atoms with van der Waals surface area (Å²) in [6.45, 7) is 8.47. The number of nitrogens with one attached hydrogen (secondary N) is 1. The molecule has 1 N–H and O–H groups in total. The molecule has 0 spiro atoms. The van der Waals surface area contributed by atoms with Crippen molar-refractivity contribution in [3.05, 3.63) is 63.1 Å². The van der Waals surface area contributed by atoms with Gasteiger partial charge in [0.2, 0.25) is 0 Å². The summed E-state index contributed by atoms with van der Waals surface area (Å²) in [6.07, 6.45) is 0. The van der Waals surface area contributed by atoms with Crippen LogP contribution in [0, 0.1) is 6.92 Å². The molecule has 112 valence electrons. The minimum Gasteiger partial charge on any atom is -0.377 e. The summed E-state index contributed by atoms with van der Waals surface area (Å²) in [5.74, 6) is 0.549. The number of hydrogen-bond donors (Lipinski definition) is 1. The number of benzene rings is 2. The first kappa shape index (κ1) is 16.2. The van der Waals surface area contributed by atoms with E-state index in [0.29, 0.717) is 10.9 Å². The van der Waals surface area contributed by atoms with E-state index in [4.69, 9.17) is 23.2 Å². The second-order valence-corrected chi connectivity index (χ2v) is 6.58. The number of rotatable bonds is 4. The summed E-state index contributed by atoms with van der Waals surface area (Å²) < 4.78 is 0. The van der Waals surface area contributed by atoms with Gasteiger partial charge in [0.1, 0.15) is 0 Å². The Labute approximate surface area is 137 Å². The highest BCUT2D eigenvalue weighted by Crippen LogP contribution is 2.31. The van der Waals surface area contributed by atoms with Crippen molar-refractivity contribution >= 4 is 28.9 Å². The van der Waals surface area contributed by atoms with Crippen LogP contribution in [0.2, 0.25) is 10.0 Å². The summed E-state index contributed by atoms with van der Waals surface area (Å²) in [6, 6.07) is 12.6. The van der Waals surface area contributed by atoms with Gasteiger partial charge < -0.3 is 5.32 Å². The maximum atomic E-state index is 6.28. The fourth-order valence-electron chi connectivity index (χ4n) is 2.24. The van der Waals surface area contributed by atoms with Crippen molar-refractivity contribution in [2.24, 2.45) is 0 Å². The van der Waals surface area contributed by atoms with E-state index in [0.717, 1.165) is 16.3 Å². The predicted octanol–water partition coefficient (Wildman–Crippen LogP) is 6.60. The number of aryl methyl sites for hydroxylation is 1. The third-order valence-electron chi connectivity index (χ3n) is 3.72. The Morgan fingerprint density at radius 3 is 2.00 bits per heavy atom. The van der Waals surface area contributed by atoms with Crippen LogP contribution in [0.15, 0.2) is 36.4 Å². The molecule has 0 bridgehead atoms. The van der Waals surface area contributed by atoms with E-state index < -0.39 is 0 Å². The molecule has 0 amide bonds. The van der Waals surface area contributed by atoms with Gasteiger partial charge in [-0.15, -0.1) is 0 Å². The first-order valence-electron chi connectivity index (χ1n) is 7.20. The van der Waals surface area contributed by atoms with Gasteiger partial charge in [-0.05, 0) is 48.6 Å². The monoisotopic (exact) mass is 321 g/mol. The van der Waals surface area contributed by atoms with Crippen LogP contribution >= 0.6 is 23.2 Å². The van der Waals surface area contributed by atoms with Gasteiger partial charge in [-0.2, -0.15) is 0 Å². The lowest BCUT2D eigenvalue weighted by Gasteiger charge is -2.18. The first-order chi connectivity index (χ1) is 9.88. The largest absolute Gasteiger partial charge is 0.377 e. The standard InChI is InChI=1S/C18H21Cl2N/c1-11(2)14-5-7-15(8-6-14)13(4)21-18-10-16(19)12(3)9-17(18)20/h5-11,13,21H,1-4H3. The van der Waals surface area contributed by atoms with Crippen molar-refractivity contribution < 1.29 is 0 Å². The Kier molecular flexibility index (Phi) is 5.18. The molecule has 0 radical (unpaired) electrons. The van der Waals surface area contributed by atoms with E-state index in [1.165, 1.54) is 11.1 Å². The molecular formula is C18H21Cl2N. The van der Waals surface area contributed by atoms with Gasteiger partial charge in [-0.1, -0.05) is 61.3 Å². The van der Waals surface area contributed by atoms with Crippen LogP contribution in [0.3, 0.4) is 0 Å². The minimum absolute atomic E-state index is 0.169. The molecule has 0 heterocycles. The lowest BCUT2D eigenvalue weighted by molar-refractivity contribution is 0.852. The molecule has 21 heavy (non-hydrogen) atoms. The van der Waals surface area contributed by atoms with Crippen LogP contribution in [-0.4, -0.2) is 0 Å². The summed E-state index contributed by atoms with van der Waals surface area (Å²) >= 11 is 12.5. The maximum Gasteiger partial charge on any atom is 0.0641 e. The van der Waals surface area contributed by atoms with Crippen molar-refractivity contribution in [3.8, 4) is 0 Å². The van der Waals surface area contributed by atoms with Crippen LogP contribution in [-0.2, 0) is 0 Å². The molecule has 0 aliphatic rings. The molecule has 2 aromatic carbocycles. The molecule has 0 aliphatic heterocycles. The third-order valence-corrected chi connectivity index (χ3v) is 4.44. The quantitative estimate of drug-likeness (QED) is 0.669. The number of halogens is 2. The average Bonchev–Trinajstić information content (AvgIpc) is 2.44. The van der Waals surface area contributed by atoms with Crippen LogP contribution in [0.1, 0.15) is 49.4 Å². The van der Waals surface area contributed by atoms with Gasteiger partial charge >= 0.3 is 0 Å². The Morgan fingerprint density at radius 2 is 1.43 bits per heavy atom. The SMILES string of the molecule is Cc1cc(Cl)c(NC(C)c2ccc(C(C)C)cc2)cc1Cl. The minimum atomic E-state index is 0.169. The topological polar surface area (TPSA) is 12.0 Å². The Morgan fingerprint density at radius 1 is 0.857 bits per heavy atom. The molecule has 3 heteroatoms. The molecule has 0 aromatic heterocycles. The Bertz CT molecular complexity index is 618. The number of hydrogen-bond acceptors (Lipinski definition) is 1. The van der Waals surface area contributed by atoms with Crippen molar-refractivity contribution in [1.82, 2.24) is 0 Å². The molecule has 0 saturated carbocycles. The maximum absolute atomic E-state index is 6.28. The van der Waals surface area contributed by atoms with Gasteiger partial charge in [0.25, 0.3) is 0 Å². The highest BCUT2D eigenvalue weighted by Gasteiger charge is 2.10. The van der Waals surface area contributed by atoms with E-state index in [1.54, 1.807) is 0 Å². The van der Waals surface area contributed by atoms with E-state index in [1.807, 2.05) is 19.1 Å². The molecule has 2 rings (SSSR count). The lowest BCUT2D eigenvalue weighted by Crippen LogP contribution is -2.07. The molecule has 1 nitrogen and oxygen atoms in total. The molecule has 0 aliphatic carbocycles. The molecule has 0 fully saturated rings. The first-order valence-corrected chi connectivity index (χ1v) is 7.96. The van der Waals surface area contributed by atoms with Crippen LogP contribution in [0.4, 0.5) is 5.69 Å². The second-order valence-electron chi connectivity index (χ2n) is 5.77. The van der Waals surface area contributed by atoms with Gasteiger partial charge in [-0.3, -0.25) is 0 Å². The zero-order valence-electron chi connectivity index (χ0n) is 12.9. The predicted molar refractivity (Wildman–Crippen MR) is 93.8 cm³/mol. The van der Waals surface area contributed by atoms with Crippen molar-refractivity contribution in [1.29, 1.82) is 0 Å². The summed E-state index contributed by atoms with van der Waals surface area (Å²) in [5, 5.41) is 4.85. The van der Waals surface area contributed by atoms with Gasteiger partial charge in [0.15, 0.2) is 0 Å². The normalized spacial score (nSPS) is 12.5. The van der Waals surface area contributed by atoms with E-state index in [2.05, 4.69) is 50.4 Å². The summed E-state index contributed by atoms with van der Waals surface area (Å²) in [4.78, 5) is 0. The van der Waals surface area contributed by atoms with E-state index in [9.17, 15) is 0 Å². The highest BCUT2D eigenvalue weighted by atomic mass is 35.5. The lowest BCUT2D eigenvalue weighted by atomic mass is 9.99. The smallest absolute Gasteiger partial charge is 0.0641 e. The highest BCUT2D eigenvalue weighted by molar-refractivity contribution is 6.35. The number of anilines is 1. The molecule has 1 unspecified atom stereocenters. The fraction of sp³-hybridized carbons (Fsp3) is 0.333. The molecular weight excluding hydrogens is 301 g/mol. The van der Waals surface area contributed by atoms with Gasteiger partial charge in [-0.25, -0.2) is 0 Å². The molecule has 1 atom stereocenters. The van der Waals surface area contributed by atoms with Gasteiger partial charge in [0.05, 0.1) is 10.7 Å². The van der Waals surface area contributed by atoms with E-state index >= 15 is 0 Å². The van der Waals surface area contributed by atoms with E-state index in [-0.39, 0.29) is 6.04 Å². The second kappa shape index (κ2) is 6.72.